The molecule has 0 saturated carbocycles. The summed E-state index contributed by atoms with van der Waals surface area (Å²) in [6, 6.07) is 10.7. The molecule has 1 aromatic heterocycles. The number of aryl methyl sites for hydroxylation is 1. The van der Waals surface area contributed by atoms with Gasteiger partial charge in [-0.15, -0.1) is 0 Å². The van der Waals surface area contributed by atoms with Crippen molar-refractivity contribution in [3.05, 3.63) is 58.3 Å². The summed E-state index contributed by atoms with van der Waals surface area (Å²) in [6.07, 6.45) is 1.57. The number of esters is 1. The van der Waals surface area contributed by atoms with Gasteiger partial charge in [-0.25, -0.2) is 9.78 Å². The molecular weight excluding hydrogens is 320 g/mol. The van der Waals surface area contributed by atoms with E-state index in [1.807, 2.05) is 13.0 Å². The Morgan fingerprint density at radius 3 is 2.68 bits per heavy atom. The Morgan fingerprint density at radius 2 is 2.08 bits per heavy atom. The molecule has 0 spiro atoms. The van der Waals surface area contributed by atoms with Crippen LogP contribution < -0.4 is 5.43 Å². The molecule has 128 valence electrons. The van der Waals surface area contributed by atoms with Gasteiger partial charge in [-0.3, -0.25) is 5.43 Å². The fourth-order valence-corrected chi connectivity index (χ4v) is 2.21. The normalized spacial score (nSPS) is 10.5. The minimum Gasteiger partial charge on any atom is -0.465 e. The lowest BCUT2D eigenvalue weighted by Gasteiger charge is -2.09. The Hall–Kier alpha value is -3.24. The lowest BCUT2D eigenvalue weighted by atomic mass is 10.1. The lowest BCUT2D eigenvalue weighted by Crippen LogP contribution is -2.03. The van der Waals surface area contributed by atoms with Gasteiger partial charge >= 0.3 is 5.97 Å². The zero-order valence-corrected chi connectivity index (χ0v) is 14.2. The Kier molecular flexibility index (Phi) is 6.20. The van der Waals surface area contributed by atoms with Gasteiger partial charge in [-0.1, -0.05) is 12.1 Å². The van der Waals surface area contributed by atoms with Crippen LogP contribution in [0, 0.1) is 18.3 Å². The first-order valence-corrected chi connectivity index (χ1v) is 7.46. The topological polar surface area (TPSA) is 96.6 Å². The zero-order valence-electron chi connectivity index (χ0n) is 14.2. The molecule has 1 N–H and O–H groups in total. The molecule has 0 fully saturated rings. The van der Waals surface area contributed by atoms with E-state index >= 15 is 0 Å². The first-order chi connectivity index (χ1) is 12.1. The van der Waals surface area contributed by atoms with Crippen molar-refractivity contribution in [2.45, 2.75) is 13.5 Å². The first-order valence-electron chi connectivity index (χ1n) is 7.46. The minimum absolute atomic E-state index is 0.319. The predicted molar refractivity (Wildman–Crippen MR) is 93.4 cm³/mol. The van der Waals surface area contributed by atoms with Gasteiger partial charge in [0, 0.05) is 18.4 Å². The molecule has 0 radical (unpaired) electrons. The molecule has 0 bridgehead atoms. The molecule has 1 aromatic carbocycles. The largest absolute Gasteiger partial charge is 0.465 e. The Balaban J connectivity index is 2.16. The summed E-state index contributed by atoms with van der Waals surface area (Å²) < 4.78 is 9.76. The van der Waals surface area contributed by atoms with E-state index in [1.54, 1.807) is 37.6 Å². The maximum Gasteiger partial charge on any atom is 0.337 e. The second kappa shape index (κ2) is 8.57. The van der Waals surface area contributed by atoms with Crippen molar-refractivity contribution in [2.75, 3.05) is 19.6 Å². The van der Waals surface area contributed by atoms with E-state index < -0.39 is 5.97 Å². The van der Waals surface area contributed by atoms with Crippen LogP contribution in [0.4, 0.5) is 5.82 Å². The van der Waals surface area contributed by atoms with Crippen molar-refractivity contribution in [1.82, 2.24) is 4.98 Å². The van der Waals surface area contributed by atoms with Crippen LogP contribution in [-0.4, -0.2) is 31.4 Å². The van der Waals surface area contributed by atoms with Crippen LogP contribution in [0.25, 0.3) is 0 Å². The number of ether oxygens (including phenoxy) is 2. The number of nitrogens with one attached hydrogen (secondary N) is 1. The van der Waals surface area contributed by atoms with Crippen LogP contribution in [0.2, 0.25) is 0 Å². The highest BCUT2D eigenvalue weighted by atomic mass is 16.5. The summed E-state index contributed by atoms with van der Waals surface area (Å²) in [5.74, 6) is -0.0214. The molecule has 0 amide bonds. The molecule has 0 aliphatic carbocycles. The van der Waals surface area contributed by atoms with Gasteiger partial charge < -0.3 is 9.47 Å². The molecule has 2 rings (SSSR count). The van der Waals surface area contributed by atoms with Crippen LogP contribution in [-0.2, 0) is 16.1 Å². The lowest BCUT2D eigenvalue weighted by molar-refractivity contribution is 0.0600. The highest BCUT2D eigenvalue weighted by Crippen LogP contribution is 2.19. The van der Waals surface area contributed by atoms with Crippen molar-refractivity contribution in [1.29, 1.82) is 5.26 Å². The summed E-state index contributed by atoms with van der Waals surface area (Å²) in [5.41, 5.74) is 5.93. The van der Waals surface area contributed by atoms with E-state index in [9.17, 15) is 10.1 Å². The third-order valence-corrected chi connectivity index (χ3v) is 3.36. The van der Waals surface area contributed by atoms with Crippen molar-refractivity contribution < 1.29 is 14.3 Å². The van der Waals surface area contributed by atoms with Crippen molar-refractivity contribution >= 4 is 18.0 Å². The van der Waals surface area contributed by atoms with E-state index in [-0.39, 0.29) is 0 Å². The highest BCUT2D eigenvalue weighted by molar-refractivity contribution is 5.90. The number of anilines is 1. The van der Waals surface area contributed by atoms with Crippen LogP contribution in [0.1, 0.15) is 32.7 Å². The summed E-state index contributed by atoms with van der Waals surface area (Å²) >= 11 is 0. The standard InChI is InChI=1S/C18H18N4O3/c1-12-8-15(11-24-2)16(9-19)17(21-12)22-20-10-13-4-6-14(7-5-13)18(23)25-3/h4-8,10H,11H2,1-3H3,(H,21,22)/b20-10+. The zero-order chi connectivity index (χ0) is 18.2. The summed E-state index contributed by atoms with van der Waals surface area (Å²) in [5, 5.41) is 13.5. The van der Waals surface area contributed by atoms with Gasteiger partial charge in [0.15, 0.2) is 5.82 Å². The van der Waals surface area contributed by atoms with Crippen molar-refractivity contribution in [3.63, 3.8) is 0 Å². The van der Waals surface area contributed by atoms with E-state index in [1.165, 1.54) is 7.11 Å². The minimum atomic E-state index is -0.394. The molecular formula is C18H18N4O3. The first kappa shape index (κ1) is 18.1. The number of methoxy groups -OCH3 is 2. The molecule has 0 aliphatic heterocycles. The number of carbonyl (C=O) groups excluding carboxylic acids is 1. The molecule has 0 aliphatic rings. The van der Waals surface area contributed by atoms with E-state index in [4.69, 9.17) is 4.74 Å². The molecule has 7 nitrogen and oxygen atoms in total. The van der Waals surface area contributed by atoms with Crippen LogP contribution in [0.15, 0.2) is 35.4 Å². The molecule has 7 heteroatoms. The number of hydrogen-bond acceptors (Lipinski definition) is 7. The Morgan fingerprint density at radius 1 is 1.36 bits per heavy atom. The number of hydrazone groups is 1. The highest BCUT2D eigenvalue weighted by Gasteiger charge is 2.10. The van der Waals surface area contributed by atoms with E-state index in [0.29, 0.717) is 23.6 Å². The number of hydrogen-bond donors (Lipinski definition) is 1. The number of pyridine rings is 1. The number of carbonyl (C=O) groups is 1. The van der Waals surface area contributed by atoms with E-state index in [2.05, 4.69) is 26.3 Å². The van der Waals surface area contributed by atoms with Crippen LogP contribution >= 0.6 is 0 Å². The number of nitrogens with zero attached hydrogens (tertiary/aromatic N) is 3. The Labute approximate surface area is 145 Å². The molecule has 0 unspecified atom stereocenters. The number of benzene rings is 1. The summed E-state index contributed by atoms with van der Waals surface area (Å²) in [6.45, 7) is 2.15. The van der Waals surface area contributed by atoms with Crippen LogP contribution in [0.5, 0.6) is 0 Å². The molecule has 0 atom stereocenters. The maximum absolute atomic E-state index is 11.4. The molecule has 2 aromatic rings. The number of aromatic nitrogens is 1. The monoisotopic (exact) mass is 338 g/mol. The predicted octanol–water partition coefficient (Wildman–Crippen LogP) is 2.64. The third kappa shape index (κ3) is 4.62. The van der Waals surface area contributed by atoms with Crippen molar-refractivity contribution in [2.24, 2.45) is 5.10 Å². The average molecular weight is 338 g/mol. The van der Waals surface area contributed by atoms with Gasteiger partial charge in [0.1, 0.15) is 11.6 Å². The average Bonchev–Trinajstić information content (AvgIpc) is 2.62. The second-order valence-corrected chi connectivity index (χ2v) is 5.17. The van der Waals surface area contributed by atoms with E-state index in [0.717, 1.165) is 16.8 Å². The quantitative estimate of drug-likeness (QED) is 0.494. The third-order valence-electron chi connectivity index (χ3n) is 3.36. The fourth-order valence-electron chi connectivity index (χ4n) is 2.21. The van der Waals surface area contributed by atoms with Gasteiger partial charge in [-0.2, -0.15) is 10.4 Å². The smallest absolute Gasteiger partial charge is 0.337 e. The van der Waals surface area contributed by atoms with Gasteiger partial charge in [0.2, 0.25) is 0 Å². The van der Waals surface area contributed by atoms with Gasteiger partial charge in [0.25, 0.3) is 0 Å². The van der Waals surface area contributed by atoms with Gasteiger partial charge in [0.05, 0.1) is 25.5 Å². The number of nitriles is 1. The molecule has 1 heterocycles. The summed E-state index contributed by atoms with van der Waals surface area (Å²) in [4.78, 5) is 15.7. The fraction of sp³-hybridized carbons (Fsp3) is 0.222. The SMILES string of the molecule is COCc1cc(C)nc(N/N=C/c2ccc(C(=O)OC)cc2)c1C#N. The van der Waals surface area contributed by atoms with Crippen LogP contribution in [0.3, 0.4) is 0 Å². The summed E-state index contributed by atoms with van der Waals surface area (Å²) in [7, 11) is 2.90. The second-order valence-electron chi connectivity index (χ2n) is 5.17. The van der Waals surface area contributed by atoms with Crippen molar-refractivity contribution in [3.8, 4) is 6.07 Å². The van der Waals surface area contributed by atoms with Gasteiger partial charge in [-0.05, 0) is 30.7 Å². The molecule has 25 heavy (non-hydrogen) atoms. The maximum atomic E-state index is 11.4. The molecule has 0 saturated heterocycles. The number of rotatable bonds is 6. The Bertz CT molecular complexity index is 823.